The summed E-state index contributed by atoms with van der Waals surface area (Å²) in [6, 6.07) is 10.5. The predicted molar refractivity (Wildman–Crippen MR) is 116 cm³/mol. The molecule has 1 aliphatic heterocycles. The number of hydrogen-bond acceptors (Lipinski definition) is 3. The average molecular weight is 409 g/mol. The number of imidazole rings is 1. The van der Waals surface area contributed by atoms with E-state index in [2.05, 4.69) is 15.2 Å². The molecule has 0 spiro atoms. The van der Waals surface area contributed by atoms with Crippen molar-refractivity contribution in [2.75, 3.05) is 26.2 Å². The first kappa shape index (κ1) is 20.5. The molecular weight excluding hydrogens is 379 g/mol. The fraction of sp³-hybridized carbons (Fsp3) is 0.417. The van der Waals surface area contributed by atoms with E-state index in [0.29, 0.717) is 6.54 Å². The molecule has 0 saturated carbocycles. The summed E-state index contributed by atoms with van der Waals surface area (Å²) in [6.45, 7) is 5.77. The fourth-order valence-corrected chi connectivity index (χ4v) is 4.27. The van der Waals surface area contributed by atoms with Crippen molar-refractivity contribution < 1.29 is 9.18 Å². The molecule has 1 aromatic carbocycles. The average Bonchev–Trinajstić information content (AvgIpc) is 3.15. The van der Waals surface area contributed by atoms with E-state index in [0.717, 1.165) is 42.1 Å². The zero-order valence-electron chi connectivity index (χ0n) is 17.5. The van der Waals surface area contributed by atoms with Crippen LogP contribution in [0.25, 0.3) is 5.65 Å². The second-order valence-electron chi connectivity index (χ2n) is 8.18. The maximum absolute atomic E-state index is 14.0. The number of hydrogen-bond donors (Lipinski definition) is 1. The van der Waals surface area contributed by atoms with E-state index in [1.54, 1.807) is 12.3 Å². The standard InChI is InChI=1S/C24H29FN4O/c1-18-8-12-29-22(17-27-23(29)14-18)21(19-6-5-7-20(25)15-19)16-24(30)26-9-13-28-10-3-2-4-11-28/h5-8,12,14-15,17,21H,2-4,9-11,13,16H2,1H3,(H,26,30)/t21-/m1/s1. The normalized spacial score (nSPS) is 15.9. The molecule has 0 unspecified atom stereocenters. The number of aryl methyl sites for hydroxylation is 1. The van der Waals surface area contributed by atoms with E-state index in [1.807, 2.05) is 35.7 Å². The molecule has 2 aromatic heterocycles. The second-order valence-corrected chi connectivity index (χ2v) is 8.18. The minimum Gasteiger partial charge on any atom is -0.355 e. The molecule has 1 atom stereocenters. The van der Waals surface area contributed by atoms with Crippen molar-refractivity contribution in [1.29, 1.82) is 0 Å². The summed E-state index contributed by atoms with van der Waals surface area (Å²) in [6.07, 6.45) is 7.80. The number of amides is 1. The number of piperidine rings is 1. The number of rotatable bonds is 7. The number of pyridine rings is 1. The Morgan fingerprint density at radius 3 is 2.83 bits per heavy atom. The first-order chi connectivity index (χ1) is 14.6. The summed E-state index contributed by atoms with van der Waals surface area (Å²) in [4.78, 5) is 19.7. The lowest BCUT2D eigenvalue weighted by molar-refractivity contribution is -0.121. The Bertz CT molecular complexity index is 1010. The number of nitrogens with zero attached hydrogens (tertiary/aromatic N) is 3. The smallest absolute Gasteiger partial charge is 0.221 e. The zero-order valence-corrected chi connectivity index (χ0v) is 17.5. The highest BCUT2D eigenvalue weighted by molar-refractivity contribution is 5.77. The number of carbonyl (C=O) groups is 1. The number of likely N-dealkylation sites (tertiary alicyclic amines) is 1. The van der Waals surface area contributed by atoms with Crippen LogP contribution in [0.1, 0.15) is 48.4 Å². The molecule has 3 aromatic rings. The second kappa shape index (κ2) is 9.39. The van der Waals surface area contributed by atoms with E-state index in [9.17, 15) is 9.18 Å². The molecule has 1 fully saturated rings. The van der Waals surface area contributed by atoms with Crippen LogP contribution in [0, 0.1) is 12.7 Å². The van der Waals surface area contributed by atoms with E-state index in [4.69, 9.17) is 0 Å². The van der Waals surface area contributed by atoms with Crippen LogP contribution in [0.5, 0.6) is 0 Å². The van der Waals surface area contributed by atoms with E-state index in [1.165, 1.54) is 31.4 Å². The van der Waals surface area contributed by atoms with Gasteiger partial charge in [0.25, 0.3) is 0 Å². The van der Waals surface area contributed by atoms with Crippen molar-refractivity contribution in [3.05, 3.63) is 71.4 Å². The number of fused-ring (bicyclic) bond motifs is 1. The number of nitrogens with one attached hydrogen (secondary N) is 1. The zero-order chi connectivity index (χ0) is 20.9. The highest BCUT2D eigenvalue weighted by Crippen LogP contribution is 2.29. The molecule has 5 nitrogen and oxygen atoms in total. The topological polar surface area (TPSA) is 49.6 Å². The Kier molecular flexibility index (Phi) is 6.43. The summed E-state index contributed by atoms with van der Waals surface area (Å²) >= 11 is 0. The van der Waals surface area contributed by atoms with Crippen LogP contribution in [0.3, 0.4) is 0 Å². The third kappa shape index (κ3) is 4.87. The van der Waals surface area contributed by atoms with E-state index < -0.39 is 0 Å². The van der Waals surface area contributed by atoms with Crippen LogP contribution in [0.4, 0.5) is 4.39 Å². The van der Waals surface area contributed by atoms with E-state index >= 15 is 0 Å². The summed E-state index contributed by atoms with van der Waals surface area (Å²) in [5.74, 6) is -0.593. The summed E-state index contributed by atoms with van der Waals surface area (Å²) in [5.41, 5.74) is 3.62. The Morgan fingerprint density at radius 1 is 1.20 bits per heavy atom. The molecule has 158 valence electrons. The van der Waals surface area contributed by atoms with Crippen LogP contribution < -0.4 is 5.32 Å². The summed E-state index contributed by atoms with van der Waals surface area (Å²) in [5, 5.41) is 3.06. The van der Waals surface area contributed by atoms with Crippen molar-refractivity contribution in [3.63, 3.8) is 0 Å². The number of halogens is 1. The fourth-order valence-electron chi connectivity index (χ4n) is 4.27. The number of carbonyl (C=O) groups excluding carboxylic acids is 1. The van der Waals surface area contributed by atoms with Crippen LogP contribution in [0.15, 0.2) is 48.8 Å². The lowest BCUT2D eigenvalue weighted by atomic mass is 9.92. The van der Waals surface area contributed by atoms with Gasteiger partial charge in [-0.15, -0.1) is 0 Å². The van der Waals surface area contributed by atoms with Gasteiger partial charge in [0.15, 0.2) is 0 Å². The Morgan fingerprint density at radius 2 is 2.03 bits per heavy atom. The van der Waals surface area contributed by atoms with Crippen LogP contribution >= 0.6 is 0 Å². The van der Waals surface area contributed by atoms with Gasteiger partial charge in [0.05, 0.1) is 5.69 Å². The van der Waals surface area contributed by atoms with Crippen LogP contribution in [-0.4, -0.2) is 46.4 Å². The lowest BCUT2D eigenvalue weighted by Gasteiger charge is -2.26. The lowest BCUT2D eigenvalue weighted by Crippen LogP contribution is -2.38. The molecule has 30 heavy (non-hydrogen) atoms. The van der Waals surface area contributed by atoms with Gasteiger partial charge in [0.2, 0.25) is 5.91 Å². The number of benzene rings is 1. The maximum Gasteiger partial charge on any atom is 0.221 e. The van der Waals surface area contributed by atoms with Crippen molar-refractivity contribution in [2.45, 2.75) is 38.5 Å². The molecule has 4 rings (SSSR count). The van der Waals surface area contributed by atoms with Crippen LogP contribution in [0.2, 0.25) is 0 Å². The van der Waals surface area contributed by atoms with Crippen molar-refractivity contribution >= 4 is 11.6 Å². The molecule has 1 aliphatic rings. The highest BCUT2D eigenvalue weighted by Gasteiger charge is 2.22. The van der Waals surface area contributed by atoms with Gasteiger partial charge in [0, 0.05) is 37.8 Å². The van der Waals surface area contributed by atoms with E-state index in [-0.39, 0.29) is 24.1 Å². The van der Waals surface area contributed by atoms with Crippen molar-refractivity contribution in [3.8, 4) is 0 Å². The van der Waals surface area contributed by atoms with Gasteiger partial charge in [-0.3, -0.25) is 4.79 Å². The van der Waals surface area contributed by atoms with Gasteiger partial charge in [-0.1, -0.05) is 18.6 Å². The highest BCUT2D eigenvalue weighted by atomic mass is 19.1. The van der Waals surface area contributed by atoms with Gasteiger partial charge in [-0.05, 0) is 68.2 Å². The SMILES string of the molecule is Cc1ccn2c([C@H](CC(=O)NCCN3CCCCC3)c3cccc(F)c3)cnc2c1. The first-order valence-electron chi connectivity index (χ1n) is 10.8. The minimum absolute atomic E-state index is 0.0247. The van der Waals surface area contributed by atoms with Gasteiger partial charge >= 0.3 is 0 Å². The van der Waals surface area contributed by atoms with Gasteiger partial charge in [-0.25, -0.2) is 9.37 Å². The van der Waals surface area contributed by atoms with Gasteiger partial charge in [-0.2, -0.15) is 0 Å². The summed E-state index contributed by atoms with van der Waals surface area (Å²) < 4.78 is 15.9. The molecule has 1 saturated heterocycles. The first-order valence-corrected chi connectivity index (χ1v) is 10.8. The predicted octanol–water partition coefficient (Wildman–Crippen LogP) is 3.91. The third-order valence-corrected chi connectivity index (χ3v) is 5.89. The van der Waals surface area contributed by atoms with Crippen molar-refractivity contribution in [2.24, 2.45) is 0 Å². The minimum atomic E-state index is -0.298. The molecule has 0 bridgehead atoms. The Labute approximate surface area is 176 Å². The largest absolute Gasteiger partial charge is 0.355 e. The Hall–Kier alpha value is -2.73. The molecular formula is C24H29FN4O. The third-order valence-electron chi connectivity index (χ3n) is 5.89. The Balaban J connectivity index is 1.51. The molecule has 3 heterocycles. The summed E-state index contributed by atoms with van der Waals surface area (Å²) in [7, 11) is 0. The van der Waals surface area contributed by atoms with Gasteiger partial charge < -0.3 is 14.6 Å². The van der Waals surface area contributed by atoms with Crippen LogP contribution in [-0.2, 0) is 4.79 Å². The quantitative estimate of drug-likeness (QED) is 0.645. The van der Waals surface area contributed by atoms with Gasteiger partial charge in [0.1, 0.15) is 11.5 Å². The molecule has 0 aliphatic carbocycles. The molecule has 1 amide bonds. The molecule has 0 radical (unpaired) electrons. The number of aromatic nitrogens is 2. The van der Waals surface area contributed by atoms with Crippen molar-refractivity contribution in [1.82, 2.24) is 19.6 Å². The molecule has 1 N–H and O–H groups in total. The maximum atomic E-state index is 14.0. The molecule has 6 heteroatoms. The monoisotopic (exact) mass is 408 g/mol.